The zero-order valence-electron chi connectivity index (χ0n) is 17.7. The van der Waals surface area contributed by atoms with Gasteiger partial charge >= 0.3 is 6.18 Å². The first-order valence-electron chi connectivity index (χ1n) is 9.97. The van der Waals surface area contributed by atoms with Crippen LogP contribution in [0.2, 0.25) is 5.02 Å². The fraction of sp³-hybridized carbons (Fsp3) is 0.304. The highest BCUT2D eigenvalue weighted by Gasteiger charge is 2.30. The molecule has 0 aliphatic rings. The molecule has 3 rings (SSSR count). The van der Waals surface area contributed by atoms with Gasteiger partial charge in [0, 0.05) is 22.7 Å². The molecule has 1 aromatic heterocycles. The van der Waals surface area contributed by atoms with Crippen LogP contribution in [0.15, 0.2) is 36.4 Å². The zero-order valence-corrected chi connectivity index (χ0v) is 18.4. The SMILES string of the molecule is CCC(C)NC(=O)Cc1c(C)n(C(=O)c2ccc(C(F)(F)F)cc2)c2cc(Cl)c(O)cc12. The molecule has 0 radical (unpaired) electrons. The summed E-state index contributed by atoms with van der Waals surface area (Å²) in [7, 11) is 0. The second kappa shape index (κ2) is 8.86. The molecule has 2 aromatic carbocycles. The third kappa shape index (κ3) is 4.60. The third-order valence-electron chi connectivity index (χ3n) is 5.42. The number of carbonyl (C=O) groups is 2. The maximum Gasteiger partial charge on any atom is 0.416 e. The Balaban J connectivity index is 2.10. The Morgan fingerprint density at radius 3 is 2.38 bits per heavy atom. The first kappa shape index (κ1) is 23.7. The summed E-state index contributed by atoms with van der Waals surface area (Å²) in [5, 5.41) is 13.4. The van der Waals surface area contributed by atoms with Crippen LogP contribution in [0, 0.1) is 6.92 Å². The summed E-state index contributed by atoms with van der Waals surface area (Å²) in [6.07, 6.45) is -3.81. The minimum atomic E-state index is -4.52. The van der Waals surface area contributed by atoms with Gasteiger partial charge in [0.05, 0.1) is 22.5 Å². The summed E-state index contributed by atoms with van der Waals surface area (Å²) in [6.45, 7) is 5.44. The van der Waals surface area contributed by atoms with Gasteiger partial charge in [0.2, 0.25) is 5.91 Å². The number of nitrogens with zero attached hydrogens (tertiary/aromatic N) is 1. The fourth-order valence-electron chi connectivity index (χ4n) is 3.49. The van der Waals surface area contributed by atoms with Crippen molar-refractivity contribution < 1.29 is 27.9 Å². The standard InChI is InChI=1S/C23H22ClF3N2O3/c1-4-12(2)28-21(31)10-16-13(3)29(19-11-18(24)20(30)9-17(16)19)22(32)14-5-7-15(8-6-14)23(25,26)27/h5-9,11-12,30H,4,10H2,1-3H3,(H,28,31). The number of aromatic nitrogens is 1. The van der Waals surface area contributed by atoms with Gasteiger partial charge in [-0.3, -0.25) is 14.2 Å². The Labute approximate surface area is 187 Å². The van der Waals surface area contributed by atoms with E-state index in [0.717, 1.165) is 30.7 Å². The summed E-state index contributed by atoms with van der Waals surface area (Å²) in [5.41, 5.74) is 0.483. The molecule has 9 heteroatoms. The highest BCUT2D eigenvalue weighted by molar-refractivity contribution is 6.33. The van der Waals surface area contributed by atoms with E-state index in [2.05, 4.69) is 5.32 Å². The van der Waals surface area contributed by atoms with Crippen LogP contribution in [-0.2, 0) is 17.4 Å². The van der Waals surface area contributed by atoms with Gasteiger partial charge < -0.3 is 10.4 Å². The van der Waals surface area contributed by atoms with Gasteiger partial charge in [0.25, 0.3) is 5.91 Å². The Morgan fingerprint density at radius 1 is 1.19 bits per heavy atom. The van der Waals surface area contributed by atoms with Gasteiger partial charge in [0.1, 0.15) is 5.75 Å². The summed E-state index contributed by atoms with van der Waals surface area (Å²) >= 11 is 6.06. The zero-order chi connectivity index (χ0) is 23.8. The molecule has 5 nitrogen and oxygen atoms in total. The highest BCUT2D eigenvalue weighted by atomic mass is 35.5. The van der Waals surface area contributed by atoms with Crippen molar-refractivity contribution >= 4 is 34.3 Å². The van der Waals surface area contributed by atoms with E-state index in [1.54, 1.807) is 6.92 Å². The smallest absolute Gasteiger partial charge is 0.416 e. The monoisotopic (exact) mass is 466 g/mol. The molecule has 1 atom stereocenters. The van der Waals surface area contributed by atoms with Gasteiger partial charge in [-0.15, -0.1) is 0 Å². The number of halogens is 4. The number of benzene rings is 2. The molecule has 0 fully saturated rings. The lowest BCUT2D eigenvalue weighted by molar-refractivity contribution is -0.137. The minimum absolute atomic E-state index is 0.00655. The number of aromatic hydroxyl groups is 1. The Hall–Kier alpha value is -3.00. The van der Waals surface area contributed by atoms with Crippen molar-refractivity contribution in [1.29, 1.82) is 0 Å². The van der Waals surface area contributed by atoms with Crippen LogP contribution in [0.25, 0.3) is 10.9 Å². The number of carbonyl (C=O) groups excluding carboxylic acids is 2. The molecule has 32 heavy (non-hydrogen) atoms. The fourth-order valence-corrected chi connectivity index (χ4v) is 3.65. The average molecular weight is 467 g/mol. The molecular formula is C23H22ClF3N2O3. The summed E-state index contributed by atoms with van der Waals surface area (Å²) in [6, 6.07) is 6.64. The third-order valence-corrected chi connectivity index (χ3v) is 5.73. The van der Waals surface area contributed by atoms with E-state index in [1.807, 2.05) is 13.8 Å². The molecular weight excluding hydrogens is 445 g/mol. The highest BCUT2D eigenvalue weighted by Crippen LogP contribution is 2.35. The molecule has 2 N–H and O–H groups in total. The molecule has 0 saturated heterocycles. The van der Waals surface area contributed by atoms with Crippen LogP contribution >= 0.6 is 11.6 Å². The molecule has 3 aromatic rings. The van der Waals surface area contributed by atoms with Crippen LogP contribution < -0.4 is 5.32 Å². The first-order valence-corrected chi connectivity index (χ1v) is 10.4. The van der Waals surface area contributed by atoms with Gasteiger partial charge in [0.15, 0.2) is 0 Å². The van der Waals surface area contributed by atoms with Crippen molar-refractivity contribution in [2.75, 3.05) is 0 Å². The molecule has 0 aliphatic carbocycles. The van der Waals surface area contributed by atoms with Crippen LogP contribution in [0.3, 0.4) is 0 Å². The van der Waals surface area contributed by atoms with Crippen molar-refractivity contribution in [2.24, 2.45) is 0 Å². The second-order valence-electron chi connectivity index (χ2n) is 7.65. The molecule has 1 unspecified atom stereocenters. The number of rotatable bonds is 5. The number of phenolic OH excluding ortho intramolecular Hbond substituents is 1. The number of fused-ring (bicyclic) bond motifs is 1. The number of alkyl halides is 3. The van der Waals surface area contributed by atoms with Crippen LogP contribution in [0.1, 0.15) is 47.4 Å². The largest absolute Gasteiger partial charge is 0.506 e. The van der Waals surface area contributed by atoms with E-state index in [9.17, 15) is 27.9 Å². The van der Waals surface area contributed by atoms with E-state index in [4.69, 9.17) is 11.6 Å². The molecule has 1 amide bonds. The number of hydrogen-bond acceptors (Lipinski definition) is 3. The quantitative estimate of drug-likeness (QED) is 0.523. The molecule has 0 saturated carbocycles. The Kier molecular flexibility index (Phi) is 6.55. The Bertz CT molecular complexity index is 1180. The summed E-state index contributed by atoms with van der Waals surface area (Å²) in [5.74, 6) is -1.03. The Morgan fingerprint density at radius 2 is 1.81 bits per heavy atom. The maximum absolute atomic E-state index is 13.2. The molecule has 0 spiro atoms. The topological polar surface area (TPSA) is 71.3 Å². The van der Waals surface area contributed by atoms with E-state index in [0.29, 0.717) is 22.2 Å². The van der Waals surface area contributed by atoms with Crippen molar-refractivity contribution in [3.8, 4) is 5.75 Å². The van der Waals surface area contributed by atoms with E-state index in [1.165, 1.54) is 16.7 Å². The number of hydrogen-bond donors (Lipinski definition) is 2. The number of nitrogens with one attached hydrogen (secondary N) is 1. The lowest BCUT2D eigenvalue weighted by Crippen LogP contribution is -2.33. The van der Waals surface area contributed by atoms with Crippen molar-refractivity contribution in [3.05, 3.63) is 63.8 Å². The molecule has 0 aliphatic heterocycles. The van der Waals surface area contributed by atoms with Gasteiger partial charge in [-0.25, -0.2) is 0 Å². The first-order chi connectivity index (χ1) is 14.9. The molecule has 170 valence electrons. The average Bonchev–Trinajstić information content (AvgIpc) is 2.98. The predicted octanol–water partition coefficient (Wildman–Crippen LogP) is 5.47. The van der Waals surface area contributed by atoms with E-state index in [-0.39, 0.29) is 34.7 Å². The summed E-state index contributed by atoms with van der Waals surface area (Å²) < 4.78 is 39.9. The number of phenols is 1. The van der Waals surface area contributed by atoms with Crippen LogP contribution in [0.4, 0.5) is 13.2 Å². The molecule has 1 heterocycles. The lowest BCUT2D eigenvalue weighted by atomic mass is 10.1. The van der Waals surface area contributed by atoms with Crippen molar-refractivity contribution in [3.63, 3.8) is 0 Å². The van der Waals surface area contributed by atoms with Crippen molar-refractivity contribution in [2.45, 2.75) is 45.8 Å². The van der Waals surface area contributed by atoms with Crippen molar-refractivity contribution in [1.82, 2.24) is 9.88 Å². The van der Waals surface area contributed by atoms with Gasteiger partial charge in [-0.1, -0.05) is 18.5 Å². The molecule has 0 bridgehead atoms. The van der Waals surface area contributed by atoms with E-state index >= 15 is 0 Å². The lowest BCUT2D eigenvalue weighted by Gasteiger charge is -2.12. The second-order valence-corrected chi connectivity index (χ2v) is 8.06. The van der Waals surface area contributed by atoms with Crippen LogP contribution in [0.5, 0.6) is 5.75 Å². The van der Waals surface area contributed by atoms with Crippen LogP contribution in [-0.4, -0.2) is 27.5 Å². The van der Waals surface area contributed by atoms with Gasteiger partial charge in [-0.05, 0) is 62.2 Å². The minimum Gasteiger partial charge on any atom is -0.506 e. The van der Waals surface area contributed by atoms with E-state index < -0.39 is 17.6 Å². The van der Waals surface area contributed by atoms with Gasteiger partial charge in [-0.2, -0.15) is 13.2 Å². The summed E-state index contributed by atoms with van der Waals surface area (Å²) in [4.78, 5) is 25.7. The number of amides is 1. The predicted molar refractivity (Wildman–Crippen MR) is 116 cm³/mol. The normalized spacial score (nSPS) is 12.7. The maximum atomic E-state index is 13.2.